The number of hydrogen-bond donors (Lipinski definition) is 0. The van der Waals surface area contributed by atoms with E-state index < -0.39 is 0 Å². The summed E-state index contributed by atoms with van der Waals surface area (Å²) >= 11 is 0. The average molecular weight is 230 g/mol. The summed E-state index contributed by atoms with van der Waals surface area (Å²) in [5, 5.41) is 0. The van der Waals surface area contributed by atoms with E-state index in [1.165, 1.54) is 0 Å². The van der Waals surface area contributed by atoms with Crippen LogP contribution in [0.3, 0.4) is 0 Å². The molecule has 4 heteroatoms. The van der Waals surface area contributed by atoms with Crippen molar-refractivity contribution >= 4 is 11.8 Å². The number of allylic oxidation sites excluding steroid dienone is 1. The van der Waals surface area contributed by atoms with Crippen molar-refractivity contribution in [2.45, 2.75) is 13.3 Å². The van der Waals surface area contributed by atoms with Gasteiger partial charge in [0, 0.05) is 38.7 Å². The highest BCUT2D eigenvalue weighted by Gasteiger charge is 2.31. The molecule has 0 radical (unpaired) electrons. The summed E-state index contributed by atoms with van der Waals surface area (Å²) in [5.41, 5.74) is 3.20. The van der Waals surface area contributed by atoms with E-state index in [0.717, 1.165) is 16.8 Å². The maximum Gasteiger partial charge on any atom is 0.231 e. The van der Waals surface area contributed by atoms with Gasteiger partial charge in [0.25, 0.3) is 0 Å². The fourth-order valence-corrected chi connectivity index (χ4v) is 2.58. The van der Waals surface area contributed by atoms with Gasteiger partial charge in [-0.3, -0.25) is 9.59 Å². The van der Waals surface area contributed by atoms with Crippen LogP contribution in [0.1, 0.15) is 13.3 Å². The lowest BCUT2D eigenvalue weighted by atomic mass is 9.95. The lowest BCUT2D eigenvalue weighted by Gasteiger charge is -2.39. The van der Waals surface area contributed by atoms with Crippen molar-refractivity contribution in [2.75, 3.05) is 19.6 Å². The number of nitrogens with zero attached hydrogens (tertiary/aromatic N) is 2. The van der Waals surface area contributed by atoms with Crippen LogP contribution in [0.2, 0.25) is 0 Å². The molecule has 0 unspecified atom stereocenters. The third kappa shape index (κ3) is 1.60. The molecule has 4 nitrogen and oxygen atoms in total. The molecule has 0 atom stereocenters. The average Bonchev–Trinajstić information content (AvgIpc) is 2.30. The van der Waals surface area contributed by atoms with Crippen molar-refractivity contribution < 1.29 is 9.59 Å². The summed E-state index contributed by atoms with van der Waals surface area (Å²) in [4.78, 5) is 26.9. The molecule has 0 saturated heterocycles. The first-order valence-electron chi connectivity index (χ1n) is 5.80. The van der Waals surface area contributed by atoms with Crippen LogP contribution >= 0.6 is 0 Å². The number of carbonyl (C=O) groups is 2. The van der Waals surface area contributed by atoms with Gasteiger partial charge in [-0.05, 0) is 17.2 Å². The molecule has 0 saturated carbocycles. The van der Waals surface area contributed by atoms with E-state index in [2.05, 4.69) is 6.08 Å². The van der Waals surface area contributed by atoms with Crippen molar-refractivity contribution in [2.24, 2.45) is 0 Å². The van der Waals surface area contributed by atoms with Crippen molar-refractivity contribution in [3.05, 3.63) is 35.1 Å². The highest BCUT2D eigenvalue weighted by atomic mass is 16.2. The zero-order valence-electron chi connectivity index (χ0n) is 9.77. The first-order valence-corrected chi connectivity index (χ1v) is 5.80. The summed E-state index contributed by atoms with van der Waals surface area (Å²) in [6.07, 6.45) is 6.51. The first kappa shape index (κ1) is 10.3. The Morgan fingerprint density at radius 1 is 1.29 bits per heavy atom. The molecule has 3 heterocycles. The Morgan fingerprint density at radius 3 is 2.88 bits per heavy atom. The SMILES string of the molecule is CC(=O)N1CC2=CC(=C3C=CCC(=O)N3C2)C1. The van der Waals surface area contributed by atoms with Crippen molar-refractivity contribution in [1.29, 1.82) is 0 Å². The van der Waals surface area contributed by atoms with Gasteiger partial charge in [0.2, 0.25) is 11.8 Å². The first-order chi connectivity index (χ1) is 8.15. The summed E-state index contributed by atoms with van der Waals surface area (Å²) in [6, 6.07) is 0. The molecule has 3 aliphatic heterocycles. The lowest BCUT2D eigenvalue weighted by Crippen LogP contribution is -2.45. The fraction of sp³-hybridized carbons (Fsp3) is 0.385. The zero-order chi connectivity index (χ0) is 12.0. The maximum atomic E-state index is 11.8. The molecule has 17 heavy (non-hydrogen) atoms. The third-order valence-corrected chi connectivity index (χ3v) is 3.43. The second-order valence-electron chi connectivity index (χ2n) is 4.67. The molecule has 0 aliphatic carbocycles. The smallest absolute Gasteiger partial charge is 0.231 e. The van der Waals surface area contributed by atoms with Crippen molar-refractivity contribution in [3.63, 3.8) is 0 Å². The Balaban J connectivity index is 2.02. The van der Waals surface area contributed by atoms with Gasteiger partial charge in [-0.15, -0.1) is 0 Å². The van der Waals surface area contributed by atoms with Gasteiger partial charge in [0.15, 0.2) is 0 Å². The highest BCUT2D eigenvalue weighted by Crippen LogP contribution is 2.30. The number of carbonyl (C=O) groups excluding carboxylic acids is 2. The molecule has 2 bridgehead atoms. The second kappa shape index (κ2) is 3.58. The van der Waals surface area contributed by atoms with E-state index in [0.29, 0.717) is 26.1 Å². The van der Waals surface area contributed by atoms with E-state index in [1.54, 1.807) is 6.92 Å². The summed E-state index contributed by atoms with van der Waals surface area (Å²) in [7, 11) is 0. The predicted molar refractivity (Wildman–Crippen MR) is 62.8 cm³/mol. The number of fused-ring (bicyclic) bond motifs is 2. The monoisotopic (exact) mass is 230 g/mol. The standard InChI is InChI=1S/C13H14N2O2/c1-9(16)14-6-10-5-11(8-14)12-3-2-4-13(17)15(12)7-10/h2-3,5H,4,6-8H2,1H3. The van der Waals surface area contributed by atoms with Gasteiger partial charge in [-0.1, -0.05) is 12.2 Å². The van der Waals surface area contributed by atoms with E-state index in [1.807, 2.05) is 22.0 Å². The quantitative estimate of drug-likeness (QED) is 0.618. The van der Waals surface area contributed by atoms with Crippen LogP contribution in [0, 0.1) is 0 Å². The van der Waals surface area contributed by atoms with Crippen LogP contribution in [0.25, 0.3) is 0 Å². The lowest BCUT2D eigenvalue weighted by molar-refractivity contribution is -0.129. The molecule has 0 aromatic heterocycles. The van der Waals surface area contributed by atoms with Crippen LogP contribution in [0.4, 0.5) is 0 Å². The summed E-state index contributed by atoms with van der Waals surface area (Å²) in [5.74, 6) is 0.246. The third-order valence-electron chi connectivity index (χ3n) is 3.43. The fourth-order valence-electron chi connectivity index (χ4n) is 2.58. The Labute approximate surface area is 99.9 Å². The summed E-state index contributed by atoms with van der Waals surface area (Å²) < 4.78 is 0. The second-order valence-corrected chi connectivity index (χ2v) is 4.67. The molecule has 0 aromatic rings. The van der Waals surface area contributed by atoms with Gasteiger partial charge in [-0.2, -0.15) is 0 Å². The minimum Gasteiger partial charge on any atom is -0.334 e. The van der Waals surface area contributed by atoms with E-state index >= 15 is 0 Å². The van der Waals surface area contributed by atoms with Crippen LogP contribution in [0.5, 0.6) is 0 Å². The van der Waals surface area contributed by atoms with Crippen LogP contribution in [0.15, 0.2) is 35.1 Å². The molecular formula is C13H14N2O2. The van der Waals surface area contributed by atoms with E-state index in [-0.39, 0.29) is 11.8 Å². The summed E-state index contributed by atoms with van der Waals surface area (Å²) in [6.45, 7) is 3.49. The molecule has 0 N–H and O–H groups in total. The Bertz CT molecular complexity index is 500. The van der Waals surface area contributed by atoms with E-state index in [4.69, 9.17) is 0 Å². The van der Waals surface area contributed by atoms with Crippen LogP contribution in [-0.2, 0) is 9.59 Å². The maximum absolute atomic E-state index is 11.8. The number of rotatable bonds is 0. The molecule has 0 fully saturated rings. The zero-order valence-corrected chi connectivity index (χ0v) is 9.77. The minimum absolute atomic E-state index is 0.0910. The van der Waals surface area contributed by atoms with Gasteiger partial charge in [0.1, 0.15) is 0 Å². The van der Waals surface area contributed by atoms with Crippen LogP contribution in [-0.4, -0.2) is 41.2 Å². The largest absolute Gasteiger partial charge is 0.334 e. The van der Waals surface area contributed by atoms with Crippen molar-refractivity contribution in [3.8, 4) is 0 Å². The van der Waals surface area contributed by atoms with E-state index in [9.17, 15) is 9.59 Å². The topological polar surface area (TPSA) is 40.6 Å². The molecule has 88 valence electrons. The Hall–Kier alpha value is -1.84. The van der Waals surface area contributed by atoms with Gasteiger partial charge in [-0.25, -0.2) is 0 Å². The van der Waals surface area contributed by atoms with Gasteiger partial charge < -0.3 is 9.80 Å². The van der Waals surface area contributed by atoms with Crippen molar-refractivity contribution in [1.82, 2.24) is 9.80 Å². The molecule has 2 amide bonds. The van der Waals surface area contributed by atoms with Crippen LogP contribution < -0.4 is 0 Å². The van der Waals surface area contributed by atoms with Gasteiger partial charge in [0.05, 0.1) is 0 Å². The number of amides is 2. The molecule has 0 spiro atoms. The Morgan fingerprint density at radius 2 is 2.12 bits per heavy atom. The van der Waals surface area contributed by atoms with Gasteiger partial charge >= 0.3 is 0 Å². The predicted octanol–water partition coefficient (Wildman–Crippen LogP) is 0.831. The molecule has 3 aliphatic rings. The molecular weight excluding hydrogens is 216 g/mol. The Kier molecular flexibility index (Phi) is 2.18. The minimum atomic E-state index is 0.0910. The highest BCUT2D eigenvalue weighted by molar-refractivity contribution is 5.83. The molecule has 3 rings (SSSR count). The number of hydrogen-bond acceptors (Lipinski definition) is 2. The molecule has 0 aromatic carbocycles. The normalized spacial score (nSPS) is 22.6.